The van der Waals surface area contributed by atoms with Crippen LogP contribution in [0.4, 0.5) is 0 Å². The highest BCUT2D eigenvalue weighted by molar-refractivity contribution is 7.93. The number of ether oxygens (including phenoxy) is 2. The van der Waals surface area contributed by atoms with Gasteiger partial charge in [-0.05, 0) is 49.7 Å². The van der Waals surface area contributed by atoms with Crippen molar-refractivity contribution < 1.29 is 27.5 Å². The molecule has 0 saturated carbocycles. The van der Waals surface area contributed by atoms with E-state index in [1.54, 1.807) is 58.0 Å². The van der Waals surface area contributed by atoms with E-state index in [0.717, 1.165) is 0 Å². The first-order valence-electron chi connectivity index (χ1n) is 10.6. The molecule has 2 aromatic rings. The molecule has 8 nitrogen and oxygen atoms in total. The molecule has 3 atom stereocenters. The molecule has 1 N–H and O–H groups in total. The van der Waals surface area contributed by atoms with E-state index in [0.29, 0.717) is 41.1 Å². The van der Waals surface area contributed by atoms with E-state index in [1.165, 1.54) is 4.31 Å². The van der Waals surface area contributed by atoms with Gasteiger partial charge in [-0.2, -0.15) is 4.31 Å². The van der Waals surface area contributed by atoms with Crippen LogP contribution >= 0.6 is 11.6 Å². The van der Waals surface area contributed by atoms with Gasteiger partial charge >= 0.3 is 0 Å². The van der Waals surface area contributed by atoms with Gasteiger partial charge in [-0.25, -0.2) is 8.42 Å². The molecular weight excluding hydrogens is 456 g/mol. The van der Waals surface area contributed by atoms with Crippen molar-refractivity contribution in [1.29, 1.82) is 0 Å². The maximum Gasteiger partial charge on any atom is 0.262 e. The van der Waals surface area contributed by atoms with Gasteiger partial charge in [0.2, 0.25) is 10.0 Å². The molecule has 1 unspecified atom stereocenters. The summed E-state index contributed by atoms with van der Waals surface area (Å²) in [6, 6.07) is 5.03. The summed E-state index contributed by atoms with van der Waals surface area (Å²) in [6.07, 6.45) is 1.18. The molecule has 0 spiro atoms. The fourth-order valence-corrected chi connectivity index (χ4v) is 5.90. The molecule has 2 aliphatic rings. The number of allylic oxidation sites excluding steroid dienone is 1. The third kappa shape index (κ3) is 3.97. The summed E-state index contributed by atoms with van der Waals surface area (Å²) in [6.45, 7) is 7.86. The first-order valence-corrected chi connectivity index (χ1v) is 12.4. The smallest absolute Gasteiger partial charge is 0.262 e. The number of nitrogens with zero attached hydrogens (tertiary/aromatic N) is 2. The molecule has 10 heteroatoms. The van der Waals surface area contributed by atoms with Gasteiger partial charge in [0.1, 0.15) is 6.10 Å². The van der Waals surface area contributed by atoms with Gasteiger partial charge in [-0.3, -0.25) is 0 Å². The Bertz CT molecular complexity index is 1180. The Kier molecular flexibility index (Phi) is 6.15. The van der Waals surface area contributed by atoms with Gasteiger partial charge < -0.3 is 19.1 Å². The standard InChI is InChI=1S/C22H27ClN2O6S/c1-5-25(6-2)32(27,28)14-8-10-17-15(12-14)19(20(26)22(3,4)30-17)29-21-16-11-13(23)7-9-18(16)31-24-21/h7-9,11-12,17,19-20,26H,5-6,10H2,1-4H3/t17?,19-,20+/m1/s1. The molecule has 174 valence electrons. The van der Waals surface area contributed by atoms with Gasteiger partial charge in [0.25, 0.3) is 5.88 Å². The summed E-state index contributed by atoms with van der Waals surface area (Å²) in [5.74, 6) is 0.173. The van der Waals surface area contributed by atoms with Crippen LogP contribution in [0.25, 0.3) is 11.0 Å². The quantitative estimate of drug-likeness (QED) is 0.670. The van der Waals surface area contributed by atoms with Gasteiger partial charge in [0.15, 0.2) is 11.7 Å². The number of hydrogen-bond donors (Lipinski definition) is 1. The molecule has 1 fully saturated rings. The number of benzene rings is 1. The predicted molar refractivity (Wildman–Crippen MR) is 121 cm³/mol. The first kappa shape index (κ1) is 23.3. The molecule has 0 radical (unpaired) electrons. The molecule has 32 heavy (non-hydrogen) atoms. The van der Waals surface area contributed by atoms with E-state index in [-0.39, 0.29) is 10.8 Å². The fourth-order valence-electron chi connectivity index (χ4n) is 4.16. The van der Waals surface area contributed by atoms with Gasteiger partial charge in [-0.1, -0.05) is 31.5 Å². The minimum Gasteiger partial charge on any atom is -0.464 e. The Morgan fingerprint density at radius 2 is 2.03 bits per heavy atom. The molecule has 0 amide bonds. The predicted octanol–water partition coefficient (Wildman–Crippen LogP) is 3.65. The van der Waals surface area contributed by atoms with Crippen molar-refractivity contribution in [3.63, 3.8) is 0 Å². The molecular formula is C22H27ClN2O6S. The lowest BCUT2D eigenvalue weighted by molar-refractivity contribution is -0.179. The van der Waals surface area contributed by atoms with Crippen molar-refractivity contribution in [3.8, 4) is 5.88 Å². The summed E-state index contributed by atoms with van der Waals surface area (Å²) >= 11 is 6.12. The van der Waals surface area contributed by atoms with E-state index in [1.807, 2.05) is 0 Å². The lowest BCUT2D eigenvalue weighted by Gasteiger charge is -2.46. The molecule has 0 bridgehead atoms. The molecule has 1 aromatic heterocycles. The van der Waals surface area contributed by atoms with Crippen LogP contribution in [0, 0.1) is 0 Å². The minimum atomic E-state index is -3.67. The number of sulfonamides is 1. The minimum absolute atomic E-state index is 0.171. The zero-order chi connectivity index (χ0) is 23.3. The van der Waals surface area contributed by atoms with Gasteiger partial charge in [0, 0.05) is 23.7 Å². The molecule has 1 aromatic carbocycles. The monoisotopic (exact) mass is 482 g/mol. The van der Waals surface area contributed by atoms with Crippen LogP contribution in [0.5, 0.6) is 5.88 Å². The first-order chi connectivity index (χ1) is 15.1. The van der Waals surface area contributed by atoms with E-state index in [4.69, 9.17) is 25.6 Å². The Labute approximate surface area is 192 Å². The number of rotatable bonds is 6. The van der Waals surface area contributed by atoms with Crippen LogP contribution in [-0.4, -0.2) is 60.0 Å². The third-order valence-electron chi connectivity index (χ3n) is 5.97. The van der Waals surface area contributed by atoms with Crippen molar-refractivity contribution in [2.75, 3.05) is 13.1 Å². The van der Waals surface area contributed by atoms with Crippen LogP contribution < -0.4 is 4.74 Å². The summed E-state index contributed by atoms with van der Waals surface area (Å²) in [7, 11) is -3.67. The highest BCUT2D eigenvalue weighted by Crippen LogP contribution is 2.41. The van der Waals surface area contributed by atoms with Crippen molar-refractivity contribution in [1.82, 2.24) is 9.46 Å². The largest absolute Gasteiger partial charge is 0.464 e. The normalized spacial score (nSPS) is 25.4. The van der Waals surface area contributed by atoms with E-state index in [9.17, 15) is 13.5 Å². The number of fused-ring (bicyclic) bond motifs is 2. The summed E-state index contributed by atoms with van der Waals surface area (Å²) in [4.78, 5) is 0.171. The lowest BCUT2D eigenvalue weighted by atomic mass is 9.83. The SMILES string of the molecule is CCN(CC)S(=O)(=O)C1=CCC2OC(C)(C)[C@@H](O)[C@H](Oc3noc4ccc(Cl)cc34)C2=C1. The average Bonchev–Trinajstić information content (AvgIpc) is 3.13. The molecule has 1 aliphatic heterocycles. The highest BCUT2D eigenvalue weighted by Gasteiger charge is 2.49. The Hall–Kier alpha value is -1.91. The second-order valence-electron chi connectivity index (χ2n) is 8.40. The van der Waals surface area contributed by atoms with E-state index >= 15 is 0 Å². The van der Waals surface area contributed by atoms with Gasteiger partial charge in [0.05, 0.1) is 22.0 Å². The lowest BCUT2D eigenvalue weighted by Crippen LogP contribution is -2.58. The number of halogens is 1. The van der Waals surface area contributed by atoms with Crippen LogP contribution in [-0.2, 0) is 14.8 Å². The highest BCUT2D eigenvalue weighted by atomic mass is 35.5. The third-order valence-corrected chi connectivity index (χ3v) is 8.28. The van der Waals surface area contributed by atoms with E-state index < -0.39 is 33.9 Å². The average molecular weight is 483 g/mol. The molecule has 1 aliphatic carbocycles. The maximum absolute atomic E-state index is 13.1. The zero-order valence-corrected chi connectivity index (χ0v) is 20.0. The Morgan fingerprint density at radius 3 is 2.72 bits per heavy atom. The van der Waals surface area contributed by atoms with Crippen LogP contribution in [0.3, 0.4) is 0 Å². The van der Waals surface area contributed by atoms with Gasteiger partial charge in [-0.15, -0.1) is 0 Å². The summed E-state index contributed by atoms with van der Waals surface area (Å²) < 4.78 is 45.2. The fraction of sp³-hybridized carbons (Fsp3) is 0.500. The van der Waals surface area contributed by atoms with E-state index in [2.05, 4.69) is 5.16 Å². The number of hydrogen-bond acceptors (Lipinski definition) is 7. The second-order valence-corrected chi connectivity index (χ2v) is 10.8. The van der Waals surface area contributed by atoms with Crippen LogP contribution in [0.1, 0.15) is 34.1 Å². The summed E-state index contributed by atoms with van der Waals surface area (Å²) in [5.41, 5.74) is 0.111. The van der Waals surface area contributed by atoms with Crippen molar-refractivity contribution in [3.05, 3.63) is 45.9 Å². The summed E-state index contributed by atoms with van der Waals surface area (Å²) in [5, 5.41) is 16.1. The Morgan fingerprint density at radius 1 is 1.31 bits per heavy atom. The topological polar surface area (TPSA) is 102 Å². The van der Waals surface area contributed by atoms with Crippen molar-refractivity contribution in [2.24, 2.45) is 0 Å². The maximum atomic E-state index is 13.1. The zero-order valence-electron chi connectivity index (χ0n) is 18.4. The van der Waals surface area contributed by atoms with Crippen LogP contribution in [0.15, 0.2) is 45.4 Å². The van der Waals surface area contributed by atoms with Crippen molar-refractivity contribution >= 4 is 32.6 Å². The number of aliphatic hydroxyl groups excluding tert-OH is 1. The van der Waals surface area contributed by atoms with Crippen molar-refractivity contribution in [2.45, 2.75) is 58.0 Å². The Balaban J connectivity index is 1.75. The number of aromatic nitrogens is 1. The molecule has 1 saturated heterocycles. The van der Waals surface area contributed by atoms with Crippen LogP contribution in [0.2, 0.25) is 5.02 Å². The number of aliphatic hydroxyl groups is 1. The second kappa shape index (κ2) is 8.46. The molecule has 2 heterocycles. The molecule has 4 rings (SSSR count).